The van der Waals surface area contributed by atoms with Gasteiger partial charge in [0.15, 0.2) is 11.0 Å². The third-order valence-corrected chi connectivity index (χ3v) is 6.12. The first-order valence-electron chi connectivity index (χ1n) is 10.4. The summed E-state index contributed by atoms with van der Waals surface area (Å²) in [6.07, 6.45) is 2.29. The number of imidazole rings is 1. The van der Waals surface area contributed by atoms with E-state index in [2.05, 4.69) is 106 Å². The normalized spacial score (nSPS) is 11.4. The molecule has 0 saturated carbocycles. The minimum Gasteiger partial charge on any atom is -0.226 e. The summed E-state index contributed by atoms with van der Waals surface area (Å²) in [5.74, 6) is 0. The first-order valence-corrected chi connectivity index (χ1v) is 10.4. The van der Waals surface area contributed by atoms with Crippen LogP contribution in [0.3, 0.4) is 0 Å². The van der Waals surface area contributed by atoms with Crippen LogP contribution < -0.4 is 4.57 Å². The van der Waals surface area contributed by atoms with Gasteiger partial charge in [0.25, 0.3) is 0 Å². The lowest BCUT2D eigenvalue weighted by atomic mass is 10.00. The summed E-state index contributed by atoms with van der Waals surface area (Å²) in [4.78, 5) is 0. The molecule has 0 unspecified atom stereocenters. The first kappa shape index (κ1) is 19.4. The molecule has 1 heterocycles. The Labute approximate surface area is 174 Å². The summed E-state index contributed by atoms with van der Waals surface area (Å²) in [7, 11) is 0. The lowest BCUT2D eigenvalue weighted by molar-refractivity contribution is -0.663. The monoisotopic (exact) mass is 383 g/mol. The van der Waals surface area contributed by atoms with Gasteiger partial charge in [0.05, 0.1) is 0 Å². The smallest absolute Gasteiger partial charge is 0.226 e. The highest BCUT2D eigenvalue weighted by Gasteiger charge is 2.18. The molecule has 0 radical (unpaired) electrons. The van der Waals surface area contributed by atoms with E-state index in [0.717, 1.165) is 13.1 Å². The Balaban J connectivity index is 1.79. The molecule has 148 valence electrons. The van der Waals surface area contributed by atoms with Crippen LogP contribution in [0.1, 0.15) is 44.5 Å². The van der Waals surface area contributed by atoms with Crippen molar-refractivity contribution in [1.29, 1.82) is 0 Å². The number of rotatable bonds is 4. The largest absolute Gasteiger partial charge is 0.245 e. The van der Waals surface area contributed by atoms with Crippen LogP contribution in [0.2, 0.25) is 0 Å². The Bertz CT molecular complexity index is 1070. The van der Waals surface area contributed by atoms with Gasteiger partial charge in [0.2, 0.25) is 6.33 Å². The molecule has 0 aliphatic heterocycles. The summed E-state index contributed by atoms with van der Waals surface area (Å²) in [5.41, 5.74) is 13.6. The van der Waals surface area contributed by atoms with Crippen LogP contribution in [0.25, 0.3) is 11.0 Å². The van der Waals surface area contributed by atoms with Crippen molar-refractivity contribution in [2.24, 2.45) is 0 Å². The predicted molar refractivity (Wildman–Crippen MR) is 122 cm³/mol. The van der Waals surface area contributed by atoms with E-state index >= 15 is 0 Å². The number of hydrogen-bond donors (Lipinski definition) is 0. The number of nitrogens with zero attached hydrogens (tertiary/aromatic N) is 2. The van der Waals surface area contributed by atoms with Crippen LogP contribution in [0.15, 0.2) is 54.9 Å². The third-order valence-electron chi connectivity index (χ3n) is 6.12. The second kappa shape index (κ2) is 7.51. The van der Waals surface area contributed by atoms with E-state index in [0.29, 0.717) is 0 Å². The quantitative estimate of drug-likeness (QED) is 0.389. The number of para-hydroxylation sites is 2. The standard InChI is InChI=1S/C27H31N2/c1-18-11-20(3)24(21(4)12-18)15-28-17-29(27-10-8-7-9-26(27)28)16-25-22(5)13-19(2)14-23(25)6/h7-14,17H,15-16H2,1-6H3/q+1. The van der Waals surface area contributed by atoms with Crippen molar-refractivity contribution < 1.29 is 4.57 Å². The first-order chi connectivity index (χ1) is 13.8. The SMILES string of the molecule is Cc1cc(C)c(Cn2c[n+](Cc3c(C)cc(C)cc3C)c3ccccc32)c(C)c1. The molecule has 3 aromatic carbocycles. The molecule has 0 amide bonds. The van der Waals surface area contributed by atoms with Gasteiger partial charge in [-0.1, -0.05) is 47.5 Å². The molecule has 0 aliphatic rings. The minimum absolute atomic E-state index is 0.900. The molecule has 0 saturated heterocycles. The Kier molecular flexibility index (Phi) is 5.04. The molecule has 0 atom stereocenters. The van der Waals surface area contributed by atoms with Gasteiger partial charge in [0, 0.05) is 0 Å². The average Bonchev–Trinajstić information content (AvgIpc) is 2.99. The molecule has 1 aromatic heterocycles. The van der Waals surface area contributed by atoms with Gasteiger partial charge in [-0.3, -0.25) is 0 Å². The highest BCUT2D eigenvalue weighted by Crippen LogP contribution is 2.21. The maximum absolute atomic E-state index is 2.40. The number of benzene rings is 3. The second-order valence-electron chi connectivity index (χ2n) is 8.61. The Morgan fingerprint density at radius 1 is 0.690 bits per heavy atom. The molecule has 0 N–H and O–H groups in total. The molecule has 4 rings (SSSR count). The van der Waals surface area contributed by atoms with Gasteiger partial charge in [-0.05, 0) is 87.1 Å². The fraction of sp³-hybridized carbons (Fsp3) is 0.296. The van der Waals surface area contributed by atoms with Gasteiger partial charge >= 0.3 is 0 Å². The minimum atomic E-state index is 0.900. The van der Waals surface area contributed by atoms with E-state index in [1.807, 2.05) is 0 Å². The molecule has 0 spiro atoms. The van der Waals surface area contributed by atoms with Gasteiger partial charge in [-0.25, -0.2) is 9.13 Å². The van der Waals surface area contributed by atoms with E-state index in [1.165, 1.54) is 55.5 Å². The van der Waals surface area contributed by atoms with Crippen molar-refractivity contribution in [2.75, 3.05) is 0 Å². The number of fused-ring (bicyclic) bond motifs is 1. The van der Waals surface area contributed by atoms with Crippen molar-refractivity contribution >= 4 is 11.0 Å². The maximum Gasteiger partial charge on any atom is 0.245 e. The lowest BCUT2D eigenvalue weighted by Gasteiger charge is -2.10. The molecule has 2 nitrogen and oxygen atoms in total. The van der Waals surface area contributed by atoms with Gasteiger partial charge < -0.3 is 0 Å². The van der Waals surface area contributed by atoms with Gasteiger partial charge in [0.1, 0.15) is 13.1 Å². The van der Waals surface area contributed by atoms with E-state index < -0.39 is 0 Å². The summed E-state index contributed by atoms with van der Waals surface area (Å²) in [6, 6.07) is 17.9. The van der Waals surface area contributed by atoms with Crippen molar-refractivity contribution in [1.82, 2.24) is 4.57 Å². The van der Waals surface area contributed by atoms with E-state index in [9.17, 15) is 0 Å². The fourth-order valence-corrected chi connectivity index (χ4v) is 4.75. The highest BCUT2D eigenvalue weighted by atomic mass is 15.1. The number of hydrogen-bond acceptors (Lipinski definition) is 0. The third kappa shape index (κ3) is 3.72. The predicted octanol–water partition coefficient (Wildman–Crippen LogP) is 5.88. The van der Waals surface area contributed by atoms with Gasteiger partial charge in [-0.2, -0.15) is 0 Å². The number of aryl methyl sites for hydroxylation is 6. The van der Waals surface area contributed by atoms with Crippen LogP contribution >= 0.6 is 0 Å². The molecule has 4 aromatic rings. The molecule has 2 heteroatoms. The van der Waals surface area contributed by atoms with Crippen LogP contribution in [0.4, 0.5) is 0 Å². The summed E-state index contributed by atoms with van der Waals surface area (Å²) in [5, 5.41) is 0. The van der Waals surface area contributed by atoms with Crippen LogP contribution in [0, 0.1) is 41.5 Å². The zero-order valence-electron chi connectivity index (χ0n) is 18.5. The van der Waals surface area contributed by atoms with E-state index in [4.69, 9.17) is 0 Å². The Morgan fingerprint density at radius 3 is 1.79 bits per heavy atom. The van der Waals surface area contributed by atoms with Crippen LogP contribution in [0.5, 0.6) is 0 Å². The molecule has 29 heavy (non-hydrogen) atoms. The van der Waals surface area contributed by atoms with Crippen molar-refractivity contribution in [3.63, 3.8) is 0 Å². The Hall–Kier alpha value is -2.87. The molecule has 0 aliphatic carbocycles. The highest BCUT2D eigenvalue weighted by molar-refractivity contribution is 5.71. The van der Waals surface area contributed by atoms with Crippen LogP contribution in [-0.4, -0.2) is 4.57 Å². The topological polar surface area (TPSA) is 8.81 Å². The lowest BCUT2D eigenvalue weighted by Crippen LogP contribution is -2.33. The zero-order valence-corrected chi connectivity index (χ0v) is 18.5. The van der Waals surface area contributed by atoms with Crippen molar-refractivity contribution in [2.45, 2.75) is 54.6 Å². The van der Waals surface area contributed by atoms with Crippen molar-refractivity contribution in [3.05, 3.63) is 99.4 Å². The van der Waals surface area contributed by atoms with E-state index in [1.54, 1.807) is 0 Å². The summed E-state index contributed by atoms with van der Waals surface area (Å²) < 4.78 is 4.80. The maximum atomic E-state index is 2.40. The van der Waals surface area contributed by atoms with E-state index in [-0.39, 0.29) is 0 Å². The molecular formula is C27H31N2+. The fourth-order valence-electron chi connectivity index (χ4n) is 4.75. The average molecular weight is 384 g/mol. The second-order valence-corrected chi connectivity index (χ2v) is 8.61. The summed E-state index contributed by atoms with van der Waals surface area (Å²) >= 11 is 0. The molecular weight excluding hydrogens is 352 g/mol. The summed E-state index contributed by atoms with van der Waals surface area (Å²) in [6.45, 7) is 15.1. The number of aromatic nitrogens is 2. The van der Waals surface area contributed by atoms with Gasteiger partial charge in [-0.15, -0.1) is 0 Å². The zero-order chi connectivity index (χ0) is 20.7. The molecule has 0 bridgehead atoms. The van der Waals surface area contributed by atoms with Crippen molar-refractivity contribution in [3.8, 4) is 0 Å². The van der Waals surface area contributed by atoms with Crippen LogP contribution in [-0.2, 0) is 13.1 Å². The molecule has 0 fully saturated rings. The Morgan fingerprint density at radius 2 is 1.21 bits per heavy atom.